The van der Waals surface area contributed by atoms with Crippen molar-refractivity contribution in [3.05, 3.63) is 23.4 Å². The number of fused-ring (bicyclic) bond motifs is 3. The van der Waals surface area contributed by atoms with Crippen molar-refractivity contribution in [2.75, 3.05) is 11.9 Å². The van der Waals surface area contributed by atoms with Crippen molar-refractivity contribution in [2.24, 2.45) is 11.8 Å². The molecule has 3 atom stereocenters. The lowest BCUT2D eigenvalue weighted by atomic mass is 10.0. The Balaban J connectivity index is 1.85. The zero-order valence-electron chi connectivity index (χ0n) is 12.2. The Hall–Kier alpha value is -2.11. The first kappa shape index (κ1) is 13.9. The number of carboxylic acids is 1. The number of esters is 1. The summed E-state index contributed by atoms with van der Waals surface area (Å²) in [5.41, 5.74) is 0.438. The van der Waals surface area contributed by atoms with Crippen molar-refractivity contribution in [2.45, 2.75) is 32.3 Å². The largest absolute Gasteiger partial charge is 0.478 e. The molecule has 0 radical (unpaired) electrons. The zero-order valence-corrected chi connectivity index (χ0v) is 12.2. The smallest absolute Gasteiger partial charge is 0.337 e. The molecule has 6 heteroatoms. The Morgan fingerprint density at radius 3 is 2.76 bits per heavy atom. The first-order chi connectivity index (χ1) is 9.78. The topological polar surface area (TPSA) is 88.5 Å². The molecule has 1 aliphatic heterocycles. The molecule has 0 aromatic carbocycles. The predicted molar refractivity (Wildman–Crippen MR) is 75.3 cm³/mol. The van der Waals surface area contributed by atoms with E-state index in [-0.39, 0.29) is 29.3 Å². The molecule has 0 spiro atoms. The van der Waals surface area contributed by atoms with E-state index in [1.54, 1.807) is 6.07 Å². The molecule has 2 heterocycles. The van der Waals surface area contributed by atoms with E-state index in [0.29, 0.717) is 12.4 Å². The number of aromatic nitrogens is 1. The molecule has 1 aliphatic carbocycles. The summed E-state index contributed by atoms with van der Waals surface area (Å²) in [4.78, 5) is 27.4. The minimum atomic E-state index is -1.01. The predicted octanol–water partition coefficient (Wildman–Crippen LogP) is 1.88. The Kier molecular flexibility index (Phi) is 2.93. The van der Waals surface area contributed by atoms with Crippen LogP contribution in [0.1, 0.15) is 42.6 Å². The molecular weight excluding hydrogens is 272 g/mol. The third kappa shape index (κ3) is 2.46. The summed E-state index contributed by atoms with van der Waals surface area (Å²) in [6.07, 6.45) is 1.33. The molecule has 2 N–H and O–H groups in total. The second-order valence-corrected chi connectivity index (χ2v) is 6.60. The highest BCUT2D eigenvalue weighted by Crippen LogP contribution is 2.58. The number of hydrogen-bond donors (Lipinski definition) is 2. The van der Waals surface area contributed by atoms with E-state index in [1.807, 2.05) is 20.8 Å². The van der Waals surface area contributed by atoms with Crippen LogP contribution in [0.25, 0.3) is 0 Å². The van der Waals surface area contributed by atoms with Gasteiger partial charge >= 0.3 is 11.9 Å². The highest BCUT2D eigenvalue weighted by molar-refractivity contribution is 5.88. The average molecular weight is 290 g/mol. The van der Waals surface area contributed by atoms with Crippen LogP contribution >= 0.6 is 0 Å². The SMILES string of the molecule is CC(C)(C)OC(=O)C1C2CNc3ncc(C(=O)O)cc3C21. The lowest BCUT2D eigenvalue weighted by Gasteiger charge is -2.19. The average Bonchev–Trinajstić information content (AvgIpc) is 3.10. The molecule has 0 amide bonds. The first-order valence-corrected chi connectivity index (χ1v) is 6.98. The van der Waals surface area contributed by atoms with Crippen LogP contribution in [0.5, 0.6) is 0 Å². The van der Waals surface area contributed by atoms with Crippen LogP contribution in [0.2, 0.25) is 0 Å². The summed E-state index contributed by atoms with van der Waals surface area (Å²) in [6, 6.07) is 1.61. The Morgan fingerprint density at radius 2 is 2.14 bits per heavy atom. The number of pyridine rings is 1. The quantitative estimate of drug-likeness (QED) is 0.808. The summed E-state index contributed by atoms with van der Waals surface area (Å²) < 4.78 is 5.44. The van der Waals surface area contributed by atoms with Gasteiger partial charge in [0.05, 0.1) is 11.5 Å². The van der Waals surface area contributed by atoms with E-state index in [4.69, 9.17) is 9.84 Å². The molecule has 1 aromatic heterocycles. The molecular formula is C15H18N2O4. The first-order valence-electron chi connectivity index (χ1n) is 6.98. The van der Waals surface area contributed by atoms with Crippen molar-refractivity contribution in [3.8, 4) is 0 Å². The number of anilines is 1. The van der Waals surface area contributed by atoms with Gasteiger partial charge in [-0.1, -0.05) is 0 Å². The summed E-state index contributed by atoms with van der Waals surface area (Å²) in [6.45, 7) is 6.19. The third-order valence-electron chi connectivity index (χ3n) is 3.88. The Morgan fingerprint density at radius 1 is 1.43 bits per heavy atom. The molecule has 3 rings (SSSR count). The van der Waals surface area contributed by atoms with Gasteiger partial charge in [-0.3, -0.25) is 4.79 Å². The van der Waals surface area contributed by atoms with Gasteiger partial charge < -0.3 is 15.2 Å². The Labute approximate surface area is 122 Å². The fraction of sp³-hybridized carbons (Fsp3) is 0.533. The molecule has 112 valence electrons. The third-order valence-corrected chi connectivity index (χ3v) is 3.88. The van der Waals surface area contributed by atoms with Crippen molar-refractivity contribution in [3.63, 3.8) is 0 Å². The van der Waals surface area contributed by atoms with Crippen LogP contribution < -0.4 is 5.32 Å². The van der Waals surface area contributed by atoms with Crippen LogP contribution in [0.3, 0.4) is 0 Å². The molecule has 3 unspecified atom stereocenters. The fourth-order valence-corrected chi connectivity index (χ4v) is 2.96. The van der Waals surface area contributed by atoms with Crippen LogP contribution in [0.15, 0.2) is 12.3 Å². The second kappa shape index (κ2) is 4.44. The monoisotopic (exact) mass is 290 g/mol. The van der Waals surface area contributed by atoms with Crippen LogP contribution in [0, 0.1) is 11.8 Å². The number of rotatable bonds is 2. The van der Waals surface area contributed by atoms with Gasteiger partial charge in [-0.05, 0) is 38.3 Å². The van der Waals surface area contributed by atoms with Crippen LogP contribution in [-0.2, 0) is 9.53 Å². The van der Waals surface area contributed by atoms with E-state index < -0.39 is 11.6 Å². The van der Waals surface area contributed by atoms with E-state index in [1.165, 1.54) is 6.20 Å². The van der Waals surface area contributed by atoms with E-state index in [2.05, 4.69) is 10.3 Å². The van der Waals surface area contributed by atoms with E-state index in [9.17, 15) is 9.59 Å². The second-order valence-electron chi connectivity index (χ2n) is 6.60. The number of ether oxygens (including phenoxy) is 1. The number of carboxylic acid groups (broad SMARTS) is 1. The van der Waals surface area contributed by atoms with Crippen LogP contribution in [-0.4, -0.2) is 34.2 Å². The summed E-state index contributed by atoms with van der Waals surface area (Å²) in [5, 5.41) is 12.2. The molecule has 6 nitrogen and oxygen atoms in total. The molecule has 21 heavy (non-hydrogen) atoms. The van der Waals surface area contributed by atoms with Gasteiger partial charge in [0, 0.05) is 18.7 Å². The fourth-order valence-electron chi connectivity index (χ4n) is 2.96. The number of carbonyl (C=O) groups is 2. The van der Waals surface area contributed by atoms with Crippen molar-refractivity contribution < 1.29 is 19.4 Å². The molecule has 1 fully saturated rings. The van der Waals surface area contributed by atoms with E-state index >= 15 is 0 Å². The van der Waals surface area contributed by atoms with Crippen LogP contribution in [0.4, 0.5) is 5.82 Å². The summed E-state index contributed by atoms with van der Waals surface area (Å²) >= 11 is 0. The van der Waals surface area contributed by atoms with Gasteiger partial charge in [0.25, 0.3) is 0 Å². The van der Waals surface area contributed by atoms with Gasteiger partial charge in [-0.2, -0.15) is 0 Å². The molecule has 2 aliphatic rings. The van der Waals surface area contributed by atoms with Gasteiger partial charge in [0.1, 0.15) is 11.4 Å². The molecule has 0 saturated heterocycles. The van der Waals surface area contributed by atoms with Crippen molar-refractivity contribution >= 4 is 17.8 Å². The highest BCUT2D eigenvalue weighted by atomic mass is 16.6. The van der Waals surface area contributed by atoms with E-state index in [0.717, 1.165) is 5.56 Å². The van der Waals surface area contributed by atoms with Crippen molar-refractivity contribution in [1.82, 2.24) is 4.98 Å². The van der Waals surface area contributed by atoms with Gasteiger partial charge in [-0.15, -0.1) is 0 Å². The lowest BCUT2D eigenvalue weighted by Crippen LogP contribution is -2.25. The maximum absolute atomic E-state index is 12.2. The van der Waals surface area contributed by atoms with Gasteiger partial charge in [0.15, 0.2) is 0 Å². The number of nitrogens with one attached hydrogen (secondary N) is 1. The highest BCUT2D eigenvalue weighted by Gasteiger charge is 2.59. The lowest BCUT2D eigenvalue weighted by molar-refractivity contribution is -0.156. The molecule has 1 saturated carbocycles. The normalized spacial score (nSPS) is 26.1. The van der Waals surface area contributed by atoms with Crippen molar-refractivity contribution in [1.29, 1.82) is 0 Å². The number of nitrogens with zero attached hydrogens (tertiary/aromatic N) is 1. The Bertz CT molecular complexity index is 621. The number of hydrogen-bond acceptors (Lipinski definition) is 5. The molecule has 1 aromatic rings. The minimum absolute atomic E-state index is 0.0166. The van der Waals surface area contributed by atoms with Gasteiger partial charge in [0.2, 0.25) is 0 Å². The minimum Gasteiger partial charge on any atom is -0.478 e. The standard InChI is InChI=1S/C15H18N2O4/c1-15(2,3)21-14(20)11-9-6-17-12-8(10(9)11)4-7(5-16-12)13(18)19/h4-5,9-11H,6H2,1-3H3,(H,16,17)(H,18,19). The zero-order chi connectivity index (χ0) is 15.4. The maximum atomic E-state index is 12.2. The maximum Gasteiger partial charge on any atom is 0.337 e. The van der Waals surface area contributed by atoms with Gasteiger partial charge in [-0.25, -0.2) is 9.78 Å². The molecule has 0 bridgehead atoms. The summed E-state index contributed by atoms with van der Waals surface area (Å²) in [5.74, 6) is -0.577. The summed E-state index contributed by atoms with van der Waals surface area (Å²) in [7, 11) is 0. The number of carbonyl (C=O) groups excluding carboxylic acids is 1. The number of aromatic carboxylic acids is 1.